The van der Waals surface area contributed by atoms with Gasteiger partial charge in [-0.15, -0.1) is 5.10 Å². The lowest BCUT2D eigenvalue weighted by atomic mass is 9.82. The molecule has 0 aliphatic carbocycles. The molecule has 3 N–H and O–H groups in total. The summed E-state index contributed by atoms with van der Waals surface area (Å²) in [6.45, 7) is 12.1. The van der Waals surface area contributed by atoms with Crippen molar-refractivity contribution in [3.05, 3.63) is 59.5 Å². The molecule has 2 aromatic heterocycles. The lowest BCUT2D eigenvalue weighted by Gasteiger charge is -2.41. The average molecular weight is 492 g/mol. The second-order valence-corrected chi connectivity index (χ2v) is 10.6. The van der Waals surface area contributed by atoms with Crippen molar-refractivity contribution in [2.75, 3.05) is 4.90 Å². The zero-order valence-corrected chi connectivity index (χ0v) is 21.3. The maximum Gasteiger partial charge on any atom is 0.285 e. The highest BCUT2D eigenvalue weighted by Crippen LogP contribution is 2.35. The van der Waals surface area contributed by atoms with E-state index in [1.165, 1.54) is 11.6 Å². The Labute approximate surface area is 208 Å². The first-order chi connectivity index (χ1) is 16.8. The quantitative estimate of drug-likeness (QED) is 0.572. The number of nitrogens with two attached hydrogens (primary N) is 1. The first-order valence-electron chi connectivity index (χ1n) is 11.8. The van der Waals surface area contributed by atoms with Gasteiger partial charge in [-0.25, -0.2) is 13.9 Å². The van der Waals surface area contributed by atoms with Crippen LogP contribution in [0.2, 0.25) is 0 Å². The van der Waals surface area contributed by atoms with Crippen LogP contribution < -0.4 is 16.0 Å². The predicted molar refractivity (Wildman–Crippen MR) is 135 cm³/mol. The van der Waals surface area contributed by atoms with Gasteiger partial charge in [-0.05, 0) is 71.7 Å². The number of allylic oxidation sites excluding steroid dienone is 1. The predicted octanol–water partition coefficient (Wildman–Crippen LogP) is 3.76. The topological polar surface area (TPSA) is 111 Å². The monoisotopic (exact) mass is 491 g/mol. The Morgan fingerprint density at radius 3 is 2.69 bits per heavy atom. The molecule has 0 saturated heterocycles. The molecule has 5 rings (SSSR count). The van der Waals surface area contributed by atoms with Crippen LogP contribution in [0.15, 0.2) is 48.1 Å². The summed E-state index contributed by atoms with van der Waals surface area (Å²) in [5, 5.41) is 8.17. The van der Waals surface area contributed by atoms with Crippen molar-refractivity contribution in [1.82, 2.24) is 24.9 Å². The molecule has 1 atom stereocenters. The number of hydrogen-bond acceptors (Lipinski definition) is 7. The summed E-state index contributed by atoms with van der Waals surface area (Å²) in [7, 11) is 0. The van der Waals surface area contributed by atoms with Crippen LogP contribution in [0.5, 0.6) is 0 Å². The number of aromatic nitrogens is 4. The maximum absolute atomic E-state index is 14.9. The number of amides is 1. The Morgan fingerprint density at radius 1 is 1.28 bits per heavy atom. The van der Waals surface area contributed by atoms with Gasteiger partial charge >= 0.3 is 0 Å². The number of carbonyl (C=O) groups excluding carboxylic acids is 1. The molecule has 0 fully saturated rings. The summed E-state index contributed by atoms with van der Waals surface area (Å²) in [5.74, 6) is -0.442. The fraction of sp³-hybridized carbons (Fsp3) is 0.385. The summed E-state index contributed by atoms with van der Waals surface area (Å²) in [6.07, 6.45) is 6.23. The molecule has 4 heterocycles. The third-order valence-corrected chi connectivity index (χ3v) is 6.43. The highest BCUT2D eigenvalue weighted by Gasteiger charge is 2.34. The van der Waals surface area contributed by atoms with Gasteiger partial charge in [0, 0.05) is 34.7 Å². The van der Waals surface area contributed by atoms with E-state index in [2.05, 4.69) is 54.2 Å². The highest BCUT2D eigenvalue weighted by atomic mass is 19.1. The highest BCUT2D eigenvalue weighted by molar-refractivity contribution is 5.92. The summed E-state index contributed by atoms with van der Waals surface area (Å²) in [5.41, 5.74) is 8.70. The van der Waals surface area contributed by atoms with Crippen LogP contribution >= 0.6 is 0 Å². The van der Waals surface area contributed by atoms with Crippen molar-refractivity contribution in [1.29, 1.82) is 0 Å². The van der Waals surface area contributed by atoms with Crippen molar-refractivity contribution < 1.29 is 13.9 Å². The molecule has 36 heavy (non-hydrogen) atoms. The van der Waals surface area contributed by atoms with Crippen molar-refractivity contribution in [3.8, 4) is 11.4 Å². The lowest BCUT2D eigenvalue weighted by Crippen LogP contribution is -2.53. The Bertz CT molecular complexity index is 1450. The number of nitrogens with one attached hydrogen (secondary N) is 1. The standard InChI is InChI=1S/C26H30FN7O2/c1-14-21(22(28)35)36-15(2)34(14)18-7-8-20(27)19(9-18)23-30-24-29-12-17(13-33(24)31-23)16-10-25(3,4)32-26(5,6)11-16/h7-10,12-13,15,32H,11H2,1-6H3,(H2,28,35). The van der Waals surface area contributed by atoms with E-state index >= 15 is 0 Å². The van der Waals surface area contributed by atoms with Gasteiger partial charge in [0.05, 0.1) is 11.3 Å². The van der Waals surface area contributed by atoms with Crippen LogP contribution in [0, 0.1) is 5.82 Å². The van der Waals surface area contributed by atoms with Crippen LogP contribution in [-0.4, -0.2) is 42.8 Å². The second kappa shape index (κ2) is 8.12. The van der Waals surface area contributed by atoms with E-state index in [9.17, 15) is 9.18 Å². The molecule has 0 bridgehead atoms. The van der Waals surface area contributed by atoms with Crippen LogP contribution in [0.1, 0.15) is 53.5 Å². The molecule has 0 spiro atoms. The fourth-order valence-electron chi connectivity index (χ4n) is 5.33. The average Bonchev–Trinajstić information content (AvgIpc) is 3.32. The van der Waals surface area contributed by atoms with E-state index in [4.69, 9.17) is 10.5 Å². The lowest BCUT2D eigenvalue weighted by molar-refractivity contribution is -0.118. The second-order valence-electron chi connectivity index (χ2n) is 10.6. The first-order valence-corrected chi connectivity index (χ1v) is 11.8. The van der Waals surface area contributed by atoms with Gasteiger partial charge in [-0.1, -0.05) is 6.08 Å². The van der Waals surface area contributed by atoms with E-state index < -0.39 is 18.0 Å². The molecule has 9 nitrogen and oxygen atoms in total. The zero-order valence-electron chi connectivity index (χ0n) is 21.3. The summed E-state index contributed by atoms with van der Waals surface area (Å²) >= 11 is 0. The Balaban J connectivity index is 1.53. The number of ether oxygens (including phenoxy) is 1. The van der Waals surface area contributed by atoms with E-state index in [-0.39, 0.29) is 28.2 Å². The van der Waals surface area contributed by atoms with E-state index in [0.717, 1.165) is 12.0 Å². The van der Waals surface area contributed by atoms with E-state index in [0.29, 0.717) is 17.2 Å². The third-order valence-electron chi connectivity index (χ3n) is 6.43. The Morgan fingerprint density at radius 2 is 2.03 bits per heavy atom. The first kappa shape index (κ1) is 23.9. The molecule has 1 aromatic carbocycles. The zero-order chi connectivity index (χ0) is 26.0. The van der Waals surface area contributed by atoms with Gasteiger partial charge in [0.25, 0.3) is 11.7 Å². The Hall–Kier alpha value is -3.79. The summed E-state index contributed by atoms with van der Waals surface area (Å²) < 4.78 is 22.1. The van der Waals surface area contributed by atoms with Crippen LogP contribution in [0.3, 0.4) is 0 Å². The molecule has 0 radical (unpaired) electrons. The molecule has 2 aliphatic heterocycles. The van der Waals surface area contributed by atoms with Gasteiger partial charge in [-0.3, -0.25) is 4.79 Å². The number of rotatable bonds is 4. The molecule has 10 heteroatoms. The van der Waals surface area contributed by atoms with Crippen LogP contribution in [0.25, 0.3) is 22.7 Å². The number of benzene rings is 1. The number of anilines is 1. The minimum Gasteiger partial charge on any atom is -0.463 e. The number of hydrogen-bond donors (Lipinski definition) is 2. The number of primary amides is 1. The molecule has 0 saturated carbocycles. The van der Waals surface area contributed by atoms with Crippen molar-refractivity contribution in [2.45, 2.75) is 65.3 Å². The summed E-state index contributed by atoms with van der Waals surface area (Å²) in [6, 6.07) is 4.60. The largest absolute Gasteiger partial charge is 0.463 e. The Kier molecular flexibility index (Phi) is 5.40. The SMILES string of the molecule is CC1=C(C(N)=O)OC(C)N1c1ccc(F)c(-c2nc3ncc(C4=CC(C)(C)NC(C)(C)C4)cn3n2)c1. The van der Waals surface area contributed by atoms with E-state index in [1.54, 1.807) is 41.6 Å². The van der Waals surface area contributed by atoms with Gasteiger partial charge < -0.3 is 20.7 Å². The normalized spacial score (nSPS) is 21.0. The van der Waals surface area contributed by atoms with Crippen LogP contribution in [-0.2, 0) is 9.53 Å². The minimum absolute atomic E-state index is 0.0724. The fourth-order valence-corrected chi connectivity index (χ4v) is 5.33. The van der Waals surface area contributed by atoms with Gasteiger partial charge in [0.15, 0.2) is 12.1 Å². The van der Waals surface area contributed by atoms with Gasteiger partial charge in [0.2, 0.25) is 5.76 Å². The number of halogens is 1. The number of fused-ring (bicyclic) bond motifs is 1. The molecule has 1 amide bonds. The third kappa shape index (κ3) is 4.21. The van der Waals surface area contributed by atoms with Gasteiger partial charge in [-0.2, -0.15) is 4.98 Å². The molecule has 2 aliphatic rings. The minimum atomic E-state index is -0.649. The van der Waals surface area contributed by atoms with Crippen molar-refractivity contribution >= 4 is 22.9 Å². The summed E-state index contributed by atoms with van der Waals surface area (Å²) in [4.78, 5) is 22.5. The van der Waals surface area contributed by atoms with Crippen molar-refractivity contribution in [2.24, 2.45) is 5.73 Å². The smallest absolute Gasteiger partial charge is 0.285 e. The number of carbonyl (C=O) groups is 1. The number of nitrogens with zero attached hydrogens (tertiary/aromatic N) is 5. The van der Waals surface area contributed by atoms with Crippen LogP contribution in [0.4, 0.5) is 10.1 Å². The van der Waals surface area contributed by atoms with Crippen molar-refractivity contribution in [3.63, 3.8) is 0 Å². The molecular weight excluding hydrogens is 461 g/mol. The molecule has 188 valence electrons. The van der Waals surface area contributed by atoms with Gasteiger partial charge in [0.1, 0.15) is 5.82 Å². The van der Waals surface area contributed by atoms with E-state index in [1.807, 2.05) is 6.20 Å². The molecule has 3 aromatic rings. The molecular formula is C26H30FN7O2. The molecule has 1 unspecified atom stereocenters. The maximum atomic E-state index is 14.9.